The maximum absolute atomic E-state index is 12.5. The summed E-state index contributed by atoms with van der Waals surface area (Å²) in [6.07, 6.45) is 6.79. The Balaban J connectivity index is 2.54. The van der Waals surface area contributed by atoms with Gasteiger partial charge in [0.2, 0.25) is 11.8 Å². The lowest BCUT2D eigenvalue weighted by atomic mass is 9.98. The van der Waals surface area contributed by atoms with Crippen LogP contribution < -0.4 is 10.6 Å². The highest BCUT2D eigenvalue weighted by Gasteiger charge is 2.27. The second kappa shape index (κ2) is 10.2. The van der Waals surface area contributed by atoms with E-state index in [1.165, 1.54) is 0 Å². The number of likely N-dealkylation sites (tertiary alicyclic amines) is 1. The van der Waals surface area contributed by atoms with E-state index >= 15 is 0 Å². The number of rotatable bonds is 6. The quantitative estimate of drug-likeness (QED) is 0.690. The summed E-state index contributed by atoms with van der Waals surface area (Å²) in [4.78, 5) is 38.5. The summed E-state index contributed by atoms with van der Waals surface area (Å²) in [7, 11) is 0. The maximum atomic E-state index is 12.5. The van der Waals surface area contributed by atoms with E-state index in [2.05, 4.69) is 16.6 Å². The third kappa shape index (κ3) is 8.80. The van der Waals surface area contributed by atoms with Crippen LogP contribution in [0, 0.1) is 24.2 Å². The van der Waals surface area contributed by atoms with Gasteiger partial charge in [-0.25, -0.2) is 4.79 Å². The molecule has 1 heterocycles. The molecule has 1 saturated heterocycles. The van der Waals surface area contributed by atoms with Crippen molar-refractivity contribution in [3.8, 4) is 12.3 Å². The summed E-state index contributed by atoms with van der Waals surface area (Å²) in [5.41, 5.74) is -0.649. The van der Waals surface area contributed by atoms with Crippen molar-refractivity contribution in [3.05, 3.63) is 0 Å². The van der Waals surface area contributed by atoms with Gasteiger partial charge in [0.1, 0.15) is 11.6 Å². The highest BCUT2D eigenvalue weighted by atomic mass is 16.6. The Morgan fingerprint density at radius 1 is 1.22 bits per heavy atom. The first-order valence-corrected chi connectivity index (χ1v) is 9.53. The minimum absolute atomic E-state index is 0.0931. The Hall–Kier alpha value is -2.23. The molecule has 0 aromatic heterocycles. The zero-order chi connectivity index (χ0) is 20.6. The SMILES string of the molecule is C#CC1CCN(C(=O)CNC(=O)[C@@H](CC(C)C)NC(=O)OC(C)(C)C)CC1. The fourth-order valence-corrected chi connectivity index (χ4v) is 2.85. The third-order valence-electron chi connectivity index (χ3n) is 4.21. The average Bonchev–Trinajstić information content (AvgIpc) is 2.56. The number of carbonyl (C=O) groups is 3. The van der Waals surface area contributed by atoms with E-state index in [9.17, 15) is 14.4 Å². The van der Waals surface area contributed by atoms with Crippen LogP contribution in [-0.2, 0) is 14.3 Å². The highest BCUT2D eigenvalue weighted by molar-refractivity contribution is 5.89. The van der Waals surface area contributed by atoms with Crippen molar-refractivity contribution in [2.45, 2.75) is 65.5 Å². The number of carbonyl (C=O) groups excluding carboxylic acids is 3. The van der Waals surface area contributed by atoms with Crippen molar-refractivity contribution in [2.75, 3.05) is 19.6 Å². The molecule has 152 valence electrons. The zero-order valence-electron chi connectivity index (χ0n) is 17.1. The molecule has 0 spiro atoms. The number of amides is 3. The van der Waals surface area contributed by atoms with Gasteiger partial charge in [0.25, 0.3) is 0 Å². The normalized spacial score (nSPS) is 16.4. The number of hydrogen-bond acceptors (Lipinski definition) is 4. The molecule has 1 rings (SSSR count). The van der Waals surface area contributed by atoms with Crippen LogP contribution in [0.15, 0.2) is 0 Å². The van der Waals surface area contributed by atoms with Gasteiger partial charge < -0.3 is 20.3 Å². The first-order valence-electron chi connectivity index (χ1n) is 9.53. The van der Waals surface area contributed by atoms with Gasteiger partial charge in [0.05, 0.1) is 6.54 Å². The molecule has 7 heteroatoms. The highest BCUT2D eigenvalue weighted by Crippen LogP contribution is 2.16. The number of hydrogen-bond donors (Lipinski definition) is 2. The predicted molar refractivity (Wildman–Crippen MR) is 104 cm³/mol. The molecule has 3 amide bonds. The van der Waals surface area contributed by atoms with Gasteiger partial charge in [-0.1, -0.05) is 13.8 Å². The molecule has 0 radical (unpaired) electrons. The van der Waals surface area contributed by atoms with E-state index in [0.717, 1.165) is 12.8 Å². The Morgan fingerprint density at radius 3 is 2.30 bits per heavy atom. The van der Waals surface area contributed by atoms with Crippen LogP contribution in [-0.4, -0.2) is 54.1 Å². The summed E-state index contributed by atoms with van der Waals surface area (Å²) in [6.45, 7) is 10.3. The molecule has 1 aliphatic heterocycles. The van der Waals surface area contributed by atoms with Crippen LogP contribution in [0.3, 0.4) is 0 Å². The molecule has 0 unspecified atom stereocenters. The maximum Gasteiger partial charge on any atom is 0.408 e. The predicted octanol–water partition coefficient (Wildman–Crippen LogP) is 1.91. The lowest BCUT2D eigenvalue weighted by Gasteiger charge is -2.30. The monoisotopic (exact) mass is 379 g/mol. The van der Waals surface area contributed by atoms with Crippen molar-refractivity contribution in [1.29, 1.82) is 0 Å². The summed E-state index contributed by atoms with van der Waals surface area (Å²) in [5, 5.41) is 5.24. The second-order valence-electron chi connectivity index (χ2n) is 8.37. The molecule has 1 fully saturated rings. The number of ether oxygens (including phenoxy) is 1. The first-order chi connectivity index (χ1) is 12.5. The van der Waals surface area contributed by atoms with E-state index in [1.807, 2.05) is 13.8 Å². The van der Waals surface area contributed by atoms with Crippen LogP contribution >= 0.6 is 0 Å². The third-order valence-corrected chi connectivity index (χ3v) is 4.21. The molecule has 0 aromatic carbocycles. The summed E-state index contributed by atoms with van der Waals surface area (Å²) < 4.78 is 5.22. The van der Waals surface area contributed by atoms with E-state index in [0.29, 0.717) is 19.5 Å². The summed E-state index contributed by atoms with van der Waals surface area (Å²) >= 11 is 0. The van der Waals surface area contributed by atoms with Gasteiger partial charge in [-0.05, 0) is 46.0 Å². The van der Waals surface area contributed by atoms with Crippen LogP contribution in [0.4, 0.5) is 4.79 Å². The van der Waals surface area contributed by atoms with E-state index < -0.39 is 17.7 Å². The number of alkyl carbamates (subject to hydrolysis) is 1. The Morgan fingerprint density at radius 2 is 1.81 bits per heavy atom. The molecule has 0 bridgehead atoms. The fourth-order valence-electron chi connectivity index (χ4n) is 2.85. The first kappa shape index (κ1) is 22.8. The van der Waals surface area contributed by atoms with Gasteiger partial charge in [-0.3, -0.25) is 9.59 Å². The summed E-state index contributed by atoms with van der Waals surface area (Å²) in [5.74, 6) is 2.60. The van der Waals surface area contributed by atoms with Crippen LogP contribution in [0.1, 0.15) is 53.9 Å². The summed E-state index contributed by atoms with van der Waals surface area (Å²) in [6, 6.07) is -0.750. The molecular formula is C20H33N3O4. The van der Waals surface area contributed by atoms with E-state index in [-0.39, 0.29) is 30.2 Å². The molecule has 2 N–H and O–H groups in total. The van der Waals surface area contributed by atoms with Crippen molar-refractivity contribution >= 4 is 17.9 Å². The molecule has 7 nitrogen and oxygen atoms in total. The minimum Gasteiger partial charge on any atom is -0.444 e. The van der Waals surface area contributed by atoms with Crippen molar-refractivity contribution < 1.29 is 19.1 Å². The molecule has 0 saturated carbocycles. The number of nitrogens with zero attached hydrogens (tertiary/aromatic N) is 1. The van der Waals surface area contributed by atoms with Gasteiger partial charge in [-0.15, -0.1) is 12.3 Å². The molecule has 0 aromatic rings. The lowest BCUT2D eigenvalue weighted by molar-refractivity contribution is -0.134. The van der Waals surface area contributed by atoms with Gasteiger partial charge in [0.15, 0.2) is 0 Å². The topological polar surface area (TPSA) is 87.7 Å². The van der Waals surface area contributed by atoms with Gasteiger partial charge >= 0.3 is 6.09 Å². The standard InChI is InChI=1S/C20H33N3O4/c1-7-15-8-10-23(11-9-15)17(24)13-21-18(25)16(12-14(2)3)22-19(26)27-20(4,5)6/h1,14-16H,8-13H2,2-6H3,(H,21,25)(H,22,26)/t16-/m1/s1. The van der Waals surface area contributed by atoms with E-state index in [4.69, 9.17) is 11.2 Å². The molecule has 1 aliphatic rings. The fraction of sp³-hybridized carbons (Fsp3) is 0.750. The van der Waals surface area contributed by atoms with Gasteiger partial charge in [-0.2, -0.15) is 0 Å². The Bertz CT molecular complexity index is 567. The lowest BCUT2D eigenvalue weighted by Crippen LogP contribution is -2.51. The van der Waals surface area contributed by atoms with Gasteiger partial charge in [0, 0.05) is 19.0 Å². The molecule has 0 aliphatic carbocycles. The number of piperidine rings is 1. The van der Waals surface area contributed by atoms with Crippen molar-refractivity contribution in [3.63, 3.8) is 0 Å². The minimum atomic E-state index is -0.750. The molecule has 27 heavy (non-hydrogen) atoms. The Labute approximate surface area is 162 Å². The molecule has 1 atom stereocenters. The number of terminal acetylenes is 1. The van der Waals surface area contributed by atoms with Crippen LogP contribution in [0.25, 0.3) is 0 Å². The smallest absolute Gasteiger partial charge is 0.408 e. The molecular weight excluding hydrogens is 346 g/mol. The zero-order valence-corrected chi connectivity index (χ0v) is 17.1. The van der Waals surface area contributed by atoms with Crippen LogP contribution in [0.2, 0.25) is 0 Å². The van der Waals surface area contributed by atoms with Crippen molar-refractivity contribution in [2.24, 2.45) is 11.8 Å². The Kier molecular flexibility index (Phi) is 8.61. The largest absolute Gasteiger partial charge is 0.444 e. The van der Waals surface area contributed by atoms with Crippen LogP contribution in [0.5, 0.6) is 0 Å². The second-order valence-corrected chi connectivity index (χ2v) is 8.37. The average molecular weight is 380 g/mol. The van der Waals surface area contributed by atoms with E-state index in [1.54, 1.807) is 25.7 Å². The van der Waals surface area contributed by atoms with Crippen molar-refractivity contribution in [1.82, 2.24) is 15.5 Å². The number of nitrogens with one attached hydrogen (secondary N) is 2.